The van der Waals surface area contributed by atoms with Crippen LogP contribution in [0.4, 0.5) is 10.2 Å². The summed E-state index contributed by atoms with van der Waals surface area (Å²) in [7, 11) is 0. The summed E-state index contributed by atoms with van der Waals surface area (Å²) < 4.78 is 20.8. The second kappa shape index (κ2) is 7.86. The van der Waals surface area contributed by atoms with E-state index in [0.29, 0.717) is 27.9 Å². The zero-order valence-electron chi connectivity index (χ0n) is 16.5. The van der Waals surface area contributed by atoms with Crippen LogP contribution in [0.5, 0.6) is 0 Å². The van der Waals surface area contributed by atoms with Gasteiger partial charge >= 0.3 is 5.97 Å². The van der Waals surface area contributed by atoms with E-state index >= 15 is 0 Å². The van der Waals surface area contributed by atoms with Gasteiger partial charge in [0.1, 0.15) is 17.3 Å². The molecule has 0 saturated heterocycles. The minimum Gasteiger partial charge on any atom is -0.461 e. The van der Waals surface area contributed by atoms with Crippen LogP contribution in [-0.2, 0) is 11.3 Å². The van der Waals surface area contributed by atoms with Crippen LogP contribution >= 0.6 is 0 Å². The summed E-state index contributed by atoms with van der Waals surface area (Å²) in [6.45, 7) is 3.75. The van der Waals surface area contributed by atoms with Crippen molar-refractivity contribution in [1.82, 2.24) is 24.7 Å². The number of hydrogen-bond acceptors (Lipinski definition) is 7. The molecular weight excluding hydrogens is 387 g/mol. The molecule has 0 spiro atoms. The minimum absolute atomic E-state index is 0.0834. The zero-order chi connectivity index (χ0) is 21.3. The largest absolute Gasteiger partial charge is 0.461 e. The van der Waals surface area contributed by atoms with Crippen LogP contribution in [0.25, 0.3) is 22.6 Å². The molecule has 0 bridgehead atoms. The first-order chi connectivity index (χ1) is 14.5. The van der Waals surface area contributed by atoms with Gasteiger partial charge in [-0.2, -0.15) is 5.10 Å². The molecule has 0 aliphatic heterocycles. The van der Waals surface area contributed by atoms with Crippen molar-refractivity contribution in [3.63, 3.8) is 0 Å². The topological polar surface area (TPSA) is 109 Å². The number of esters is 1. The summed E-state index contributed by atoms with van der Waals surface area (Å²) in [4.78, 5) is 25.4. The van der Waals surface area contributed by atoms with Crippen molar-refractivity contribution >= 4 is 22.8 Å². The lowest BCUT2D eigenvalue weighted by atomic mass is 10.2. The lowest BCUT2D eigenvalue weighted by Crippen LogP contribution is -2.13. The number of aromatic nitrogens is 5. The van der Waals surface area contributed by atoms with Gasteiger partial charge in [-0.25, -0.2) is 28.8 Å². The van der Waals surface area contributed by atoms with E-state index in [-0.39, 0.29) is 36.3 Å². The minimum atomic E-state index is -0.585. The molecule has 152 valence electrons. The number of hydrogen-bond donors (Lipinski definition) is 1. The Hall–Kier alpha value is -3.88. The highest BCUT2D eigenvalue weighted by atomic mass is 19.1. The Kier molecular flexibility index (Phi) is 5.09. The average Bonchev–Trinajstić information content (AvgIpc) is 3.10. The summed E-state index contributed by atoms with van der Waals surface area (Å²) in [5.41, 5.74) is 7.95. The van der Waals surface area contributed by atoms with Crippen LogP contribution in [0.15, 0.2) is 42.6 Å². The van der Waals surface area contributed by atoms with Crippen molar-refractivity contribution in [3.8, 4) is 11.5 Å². The highest BCUT2D eigenvalue weighted by molar-refractivity contribution is 5.93. The lowest BCUT2D eigenvalue weighted by Gasteiger charge is -2.08. The molecule has 0 unspecified atom stereocenters. The third-order valence-corrected chi connectivity index (χ3v) is 4.65. The maximum atomic E-state index is 14.2. The van der Waals surface area contributed by atoms with Crippen molar-refractivity contribution < 1.29 is 13.9 Å². The Bertz CT molecular complexity index is 1250. The fraction of sp³-hybridized carbons (Fsp3) is 0.190. The van der Waals surface area contributed by atoms with Gasteiger partial charge in [0.05, 0.1) is 18.5 Å². The summed E-state index contributed by atoms with van der Waals surface area (Å²) in [5, 5.41) is 5.23. The van der Waals surface area contributed by atoms with E-state index in [0.717, 1.165) is 0 Å². The molecule has 3 heterocycles. The van der Waals surface area contributed by atoms with E-state index in [2.05, 4.69) is 20.1 Å². The van der Waals surface area contributed by atoms with Gasteiger partial charge in [-0.15, -0.1) is 0 Å². The fourth-order valence-electron chi connectivity index (χ4n) is 3.11. The highest BCUT2D eigenvalue weighted by Gasteiger charge is 2.22. The molecule has 30 heavy (non-hydrogen) atoms. The molecule has 0 aliphatic carbocycles. The number of halogens is 1. The first-order valence-electron chi connectivity index (χ1n) is 9.36. The van der Waals surface area contributed by atoms with E-state index in [1.54, 1.807) is 49.0 Å². The first kappa shape index (κ1) is 19.4. The smallest absolute Gasteiger partial charge is 0.357 e. The van der Waals surface area contributed by atoms with Crippen LogP contribution in [0, 0.1) is 12.7 Å². The predicted octanol–water partition coefficient (Wildman–Crippen LogP) is 3.14. The zero-order valence-corrected chi connectivity index (χ0v) is 16.5. The van der Waals surface area contributed by atoms with Crippen molar-refractivity contribution in [1.29, 1.82) is 0 Å². The van der Waals surface area contributed by atoms with Crippen LogP contribution in [0.2, 0.25) is 0 Å². The molecule has 0 saturated carbocycles. The number of nitrogens with zero attached hydrogens (tertiary/aromatic N) is 5. The van der Waals surface area contributed by atoms with E-state index in [1.165, 1.54) is 6.07 Å². The molecule has 4 rings (SSSR count). The Morgan fingerprint density at radius 3 is 2.77 bits per heavy atom. The van der Waals surface area contributed by atoms with E-state index in [1.807, 2.05) is 6.07 Å². The maximum absolute atomic E-state index is 14.2. The molecule has 3 aromatic heterocycles. The molecule has 0 aliphatic rings. The van der Waals surface area contributed by atoms with Crippen molar-refractivity contribution in [2.45, 2.75) is 20.4 Å². The number of nitrogen functional groups attached to an aromatic ring is 1. The van der Waals surface area contributed by atoms with Crippen LogP contribution in [-0.4, -0.2) is 37.3 Å². The number of fused-ring (bicyclic) bond motifs is 1. The number of rotatable bonds is 5. The van der Waals surface area contributed by atoms with Gasteiger partial charge in [0, 0.05) is 17.3 Å². The number of pyridine rings is 1. The molecule has 2 N–H and O–H groups in total. The van der Waals surface area contributed by atoms with Crippen molar-refractivity contribution in [2.75, 3.05) is 12.3 Å². The standard InChI is InChI=1S/C21H19FN6O2/c1-3-30-21(29)16-12(2)18(23)26-19(25-16)17-14-8-6-10-24-20(14)28(27-17)11-13-7-4-5-9-15(13)22/h4-10H,3,11H2,1-2H3,(H2,23,25,26). The summed E-state index contributed by atoms with van der Waals surface area (Å²) >= 11 is 0. The number of anilines is 1. The number of nitrogens with two attached hydrogens (primary N) is 1. The third kappa shape index (κ3) is 3.45. The molecule has 4 aromatic rings. The van der Waals surface area contributed by atoms with Crippen LogP contribution in [0.1, 0.15) is 28.5 Å². The Labute approximate surface area is 171 Å². The second-order valence-electron chi connectivity index (χ2n) is 6.60. The van der Waals surface area contributed by atoms with Crippen molar-refractivity contribution in [2.24, 2.45) is 0 Å². The lowest BCUT2D eigenvalue weighted by molar-refractivity contribution is 0.0518. The molecule has 9 heteroatoms. The molecule has 0 atom stereocenters. The van der Waals surface area contributed by atoms with Gasteiger partial charge in [-0.05, 0) is 32.0 Å². The first-order valence-corrected chi connectivity index (χ1v) is 9.36. The van der Waals surface area contributed by atoms with E-state index < -0.39 is 5.97 Å². The number of ether oxygens (including phenoxy) is 1. The molecule has 0 amide bonds. The predicted molar refractivity (Wildman–Crippen MR) is 109 cm³/mol. The molecular formula is C21H19FN6O2. The van der Waals surface area contributed by atoms with Gasteiger partial charge in [0.15, 0.2) is 17.2 Å². The third-order valence-electron chi connectivity index (χ3n) is 4.65. The summed E-state index contributed by atoms with van der Waals surface area (Å²) in [5.74, 6) is -0.590. The molecule has 1 aromatic carbocycles. The van der Waals surface area contributed by atoms with Gasteiger partial charge in [-0.1, -0.05) is 18.2 Å². The van der Waals surface area contributed by atoms with Gasteiger partial charge in [0.2, 0.25) is 0 Å². The number of carbonyl (C=O) groups excluding carboxylic acids is 1. The molecule has 0 radical (unpaired) electrons. The van der Waals surface area contributed by atoms with Gasteiger partial charge in [-0.3, -0.25) is 0 Å². The Morgan fingerprint density at radius 1 is 1.20 bits per heavy atom. The summed E-state index contributed by atoms with van der Waals surface area (Å²) in [6, 6.07) is 10.0. The second-order valence-corrected chi connectivity index (χ2v) is 6.60. The highest BCUT2D eigenvalue weighted by Crippen LogP contribution is 2.27. The van der Waals surface area contributed by atoms with E-state index in [9.17, 15) is 9.18 Å². The number of benzene rings is 1. The average molecular weight is 406 g/mol. The SMILES string of the molecule is CCOC(=O)c1nc(-c2nn(Cc3ccccc3F)c3ncccc23)nc(N)c1C. The van der Waals surface area contributed by atoms with E-state index in [4.69, 9.17) is 10.5 Å². The maximum Gasteiger partial charge on any atom is 0.357 e. The number of carbonyl (C=O) groups is 1. The van der Waals surface area contributed by atoms with Crippen molar-refractivity contribution in [3.05, 3.63) is 65.2 Å². The Morgan fingerprint density at radius 2 is 2.00 bits per heavy atom. The molecule has 8 nitrogen and oxygen atoms in total. The van der Waals surface area contributed by atoms with Gasteiger partial charge in [0.25, 0.3) is 0 Å². The monoisotopic (exact) mass is 406 g/mol. The quantitative estimate of drug-likeness (QED) is 0.507. The Balaban J connectivity index is 1.86. The fourth-order valence-corrected chi connectivity index (χ4v) is 3.11. The van der Waals surface area contributed by atoms with Crippen LogP contribution in [0.3, 0.4) is 0 Å². The van der Waals surface area contributed by atoms with Gasteiger partial charge < -0.3 is 10.5 Å². The molecule has 0 fully saturated rings. The summed E-state index contributed by atoms with van der Waals surface area (Å²) in [6.07, 6.45) is 1.63. The van der Waals surface area contributed by atoms with Crippen LogP contribution < -0.4 is 5.73 Å². The normalized spacial score (nSPS) is 11.0.